The van der Waals surface area contributed by atoms with Crippen LogP contribution in [-0.4, -0.2) is 17.4 Å². The first kappa shape index (κ1) is 18.3. The van der Waals surface area contributed by atoms with Crippen LogP contribution in [-0.2, 0) is 4.79 Å². The molecule has 1 atom stereocenters. The molecule has 1 amide bonds. The largest absolute Gasteiger partial charge is 0.379 e. The topological polar surface area (TPSA) is 84.3 Å². The van der Waals surface area contributed by atoms with Gasteiger partial charge in [0.25, 0.3) is 5.69 Å². The Morgan fingerprint density at radius 2 is 1.92 bits per heavy atom. The second-order valence-electron chi connectivity index (χ2n) is 5.41. The monoisotopic (exact) mass is 349 g/mol. The van der Waals surface area contributed by atoms with E-state index in [1.165, 1.54) is 12.1 Å². The maximum absolute atomic E-state index is 13.2. The molecule has 25 heavy (non-hydrogen) atoms. The normalized spacial score (nSPS) is 11.6. The molecule has 0 saturated carbocycles. The number of amides is 1. The Kier molecular flexibility index (Phi) is 5.99. The van der Waals surface area contributed by atoms with E-state index < -0.39 is 22.6 Å². The zero-order valence-corrected chi connectivity index (χ0v) is 13.5. The Bertz CT molecular complexity index is 783. The van der Waals surface area contributed by atoms with E-state index in [1.807, 2.05) is 0 Å². The molecule has 6 nitrogen and oxygen atoms in total. The minimum absolute atomic E-state index is 0.0695. The summed E-state index contributed by atoms with van der Waals surface area (Å²) in [7, 11) is 0. The van der Waals surface area contributed by atoms with Crippen LogP contribution in [0.15, 0.2) is 42.5 Å². The molecule has 2 rings (SSSR count). The molecule has 0 fully saturated rings. The highest BCUT2D eigenvalue weighted by atomic mass is 19.2. The molecule has 0 heterocycles. The van der Waals surface area contributed by atoms with Crippen LogP contribution in [0.1, 0.15) is 24.9 Å². The standard InChI is InChI=1S/C17H17F2N3O3/c1-11(12-6-7-13(18)14(19)10-12)21-17(23)8-9-20-15-4-2-3-5-16(15)22(24)25/h2-7,10-11,20H,8-9H2,1H3,(H,21,23). The predicted molar refractivity (Wildman–Crippen MR) is 89.1 cm³/mol. The van der Waals surface area contributed by atoms with Crippen molar-refractivity contribution in [1.82, 2.24) is 5.32 Å². The minimum atomic E-state index is -0.975. The molecular weight excluding hydrogens is 332 g/mol. The van der Waals surface area contributed by atoms with Gasteiger partial charge in [-0.25, -0.2) is 8.78 Å². The number of para-hydroxylation sites is 2. The lowest BCUT2D eigenvalue weighted by Gasteiger charge is -2.15. The number of benzene rings is 2. The zero-order chi connectivity index (χ0) is 18.4. The summed E-state index contributed by atoms with van der Waals surface area (Å²) in [6, 6.07) is 9.08. The summed E-state index contributed by atoms with van der Waals surface area (Å²) in [6.07, 6.45) is 0.0695. The lowest BCUT2D eigenvalue weighted by atomic mass is 10.1. The van der Waals surface area contributed by atoms with Gasteiger partial charge >= 0.3 is 0 Å². The molecule has 2 N–H and O–H groups in total. The van der Waals surface area contributed by atoms with Crippen molar-refractivity contribution in [2.75, 3.05) is 11.9 Å². The molecule has 0 aliphatic heterocycles. The fourth-order valence-electron chi connectivity index (χ4n) is 2.27. The van der Waals surface area contributed by atoms with Crippen LogP contribution >= 0.6 is 0 Å². The average molecular weight is 349 g/mol. The predicted octanol–water partition coefficient (Wildman–Crippen LogP) is 3.55. The molecule has 0 bridgehead atoms. The van der Waals surface area contributed by atoms with E-state index in [-0.39, 0.29) is 24.6 Å². The van der Waals surface area contributed by atoms with Crippen LogP contribution in [0, 0.1) is 21.7 Å². The van der Waals surface area contributed by atoms with E-state index in [0.717, 1.165) is 12.1 Å². The molecule has 0 aliphatic carbocycles. The Labute approximate surface area is 143 Å². The number of hydrogen-bond acceptors (Lipinski definition) is 4. The van der Waals surface area contributed by atoms with Gasteiger partial charge in [0.2, 0.25) is 5.91 Å². The summed E-state index contributed by atoms with van der Waals surface area (Å²) in [4.78, 5) is 22.3. The number of anilines is 1. The summed E-state index contributed by atoms with van der Waals surface area (Å²) >= 11 is 0. The molecular formula is C17H17F2N3O3. The Morgan fingerprint density at radius 1 is 1.20 bits per heavy atom. The Hall–Kier alpha value is -3.03. The first-order valence-electron chi connectivity index (χ1n) is 7.60. The van der Waals surface area contributed by atoms with E-state index in [4.69, 9.17) is 0 Å². The van der Waals surface area contributed by atoms with E-state index >= 15 is 0 Å². The van der Waals surface area contributed by atoms with Gasteiger partial charge < -0.3 is 10.6 Å². The van der Waals surface area contributed by atoms with E-state index in [1.54, 1.807) is 25.1 Å². The number of nitrogens with one attached hydrogen (secondary N) is 2. The van der Waals surface area contributed by atoms with Crippen molar-refractivity contribution in [1.29, 1.82) is 0 Å². The maximum Gasteiger partial charge on any atom is 0.292 e. The fraction of sp³-hybridized carbons (Fsp3) is 0.235. The number of carbonyl (C=O) groups excluding carboxylic acids is 1. The van der Waals surface area contributed by atoms with Crippen molar-refractivity contribution in [3.05, 3.63) is 69.8 Å². The van der Waals surface area contributed by atoms with Gasteiger partial charge in [0.15, 0.2) is 11.6 Å². The molecule has 0 radical (unpaired) electrons. The molecule has 0 spiro atoms. The van der Waals surface area contributed by atoms with Crippen LogP contribution in [0.5, 0.6) is 0 Å². The van der Waals surface area contributed by atoms with Crippen LogP contribution in [0.2, 0.25) is 0 Å². The van der Waals surface area contributed by atoms with Crippen molar-refractivity contribution in [2.45, 2.75) is 19.4 Å². The number of hydrogen-bond donors (Lipinski definition) is 2. The number of nitro groups is 1. The summed E-state index contributed by atoms with van der Waals surface area (Å²) < 4.78 is 26.1. The first-order valence-corrected chi connectivity index (χ1v) is 7.60. The maximum atomic E-state index is 13.2. The van der Waals surface area contributed by atoms with Crippen LogP contribution in [0.3, 0.4) is 0 Å². The molecule has 2 aromatic rings. The third kappa shape index (κ3) is 4.97. The van der Waals surface area contributed by atoms with Crippen molar-refractivity contribution in [2.24, 2.45) is 0 Å². The van der Waals surface area contributed by atoms with Gasteiger partial charge in [-0.05, 0) is 30.7 Å². The lowest BCUT2D eigenvalue weighted by Crippen LogP contribution is -2.28. The van der Waals surface area contributed by atoms with Gasteiger partial charge in [-0.2, -0.15) is 0 Å². The third-order valence-electron chi connectivity index (χ3n) is 3.59. The smallest absolute Gasteiger partial charge is 0.292 e. The van der Waals surface area contributed by atoms with E-state index in [0.29, 0.717) is 11.3 Å². The van der Waals surface area contributed by atoms with Crippen LogP contribution in [0.25, 0.3) is 0 Å². The number of carbonyl (C=O) groups is 1. The van der Waals surface area contributed by atoms with Gasteiger partial charge in [0, 0.05) is 19.0 Å². The molecule has 0 saturated heterocycles. The second kappa shape index (κ2) is 8.18. The van der Waals surface area contributed by atoms with Gasteiger partial charge in [-0.1, -0.05) is 18.2 Å². The Morgan fingerprint density at radius 3 is 2.60 bits per heavy atom. The molecule has 2 aromatic carbocycles. The van der Waals surface area contributed by atoms with Gasteiger partial charge in [0.1, 0.15) is 5.69 Å². The van der Waals surface area contributed by atoms with E-state index in [2.05, 4.69) is 10.6 Å². The van der Waals surface area contributed by atoms with Crippen LogP contribution < -0.4 is 10.6 Å². The number of nitrogens with zero attached hydrogens (tertiary/aromatic N) is 1. The lowest BCUT2D eigenvalue weighted by molar-refractivity contribution is -0.384. The number of nitro benzene ring substituents is 1. The number of halogens is 2. The highest BCUT2D eigenvalue weighted by Crippen LogP contribution is 2.23. The van der Waals surface area contributed by atoms with Gasteiger partial charge in [-0.15, -0.1) is 0 Å². The SMILES string of the molecule is CC(NC(=O)CCNc1ccccc1[N+](=O)[O-])c1ccc(F)c(F)c1. The average Bonchev–Trinajstić information content (AvgIpc) is 2.57. The van der Waals surface area contributed by atoms with Gasteiger partial charge in [0.05, 0.1) is 11.0 Å². The summed E-state index contributed by atoms with van der Waals surface area (Å²) in [5.41, 5.74) is 0.700. The summed E-state index contributed by atoms with van der Waals surface area (Å²) in [5.74, 6) is -2.24. The van der Waals surface area contributed by atoms with Gasteiger partial charge in [-0.3, -0.25) is 14.9 Å². The van der Waals surface area contributed by atoms with Crippen molar-refractivity contribution < 1.29 is 18.5 Å². The molecule has 8 heteroatoms. The van der Waals surface area contributed by atoms with Crippen molar-refractivity contribution in [3.63, 3.8) is 0 Å². The molecule has 1 unspecified atom stereocenters. The third-order valence-corrected chi connectivity index (χ3v) is 3.59. The van der Waals surface area contributed by atoms with E-state index in [9.17, 15) is 23.7 Å². The quantitative estimate of drug-likeness (QED) is 0.591. The number of rotatable bonds is 7. The second-order valence-corrected chi connectivity index (χ2v) is 5.41. The van der Waals surface area contributed by atoms with Crippen LogP contribution in [0.4, 0.5) is 20.2 Å². The Balaban J connectivity index is 1.86. The fourth-order valence-corrected chi connectivity index (χ4v) is 2.27. The zero-order valence-electron chi connectivity index (χ0n) is 13.5. The highest BCUT2D eigenvalue weighted by molar-refractivity contribution is 5.77. The van der Waals surface area contributed by atoms with Crippen molar-refractivity contribution >= 4 is 17.3 Å². The molecule has 132 valence electrons. The summed E-state index contributed by atoms with van der Waals surface area (Å²) in [6.45, 7) is 1.85. The molecule has 0 aromatic heterocycles. The highest BCUT2D eigenvalue weighted by Gasteiger charge is 2.14. The summed E-state index contributed by atoms with van der Waals surface area (Å²) in [5, 5.41) is 16.4. The van der Waals surface area contributed by atoms with Crippen molar-refractivity contribution in [3.8, 4) is 0 Å². The minimum Gasteiger partial charge on any atom is -0.379 e. The first-order chi connectivity index (χ1) is 11.9. The molecule has 0 aliphatic rings.